The van der Waals surface area contributed by atoms with Crippen molar-refractivity contribution in [2.24, 2.45) is 0 Å². The highest BCUT2D eigenvalue weighted by atomic mass is 15.2. The van der Waals surface area contributed by atoms with Crippen molar-refractivity contribution in [3.05, 3.63) is 23.7 Å². The first kappa shape index (κ1) is 8.99. The van der Waals surface area contributed by atoms with Gasteiger partial charge in [0.15, 0.2) is 5.82 Å². The van der Waals surface area contributed by atoms with Gasteiger partial charge in [-0.25, -0.2) is 0 Å². The topological polar surface area (TPSA) is 56.2 Å². The third-order valence-corrected chi connectivity index (χ3v) is 2.46. The van der Waals surface area contributed by atoms with Crippen molar-refractivity contribution in [2.45, 2.75) is 26.7 Å². The van der Waals surface area contributed by atoms with Crippen LogP contribution in [0.25, 0.3) is 5.52 Å². The molecule has 0 aromatic carbocycles. The fourth-order valence-corrected chi connectivity index (χ4v) is 1.73. The molecule has 0 aliphatic rings. The molecule has 0 unspecified atom stereocenters. The maximum Gasteiger partial charge on any atom is 0.170 e. The second-order valence-corrected chi connectivity index (χ2v) is 3.83. The molecule has 0 spiro atoms. The Morgan fingerprint density at radius 1 is 1.43 bits per heavy atom. The van der Waals surface area contributed by atoms with Crippen molar-refractivity contribution in [1.29, 1.82) is 0 Å². The van der Waals surface area contributed by atoms with Crippen LogP contribution in [0.3, 0.4) is 0 Å². The van der Waals surface area contributed by atoms with Crippen LogP contribution in [0.4, 0.5) is 5.82 Å². The minimum atomic E-state index is 0.449. The Labute approximate surface area is 82.8 Å². The van der Waals surface area contributed by atoms with E-state index in [0.717, 1.165) is 11.2 Å². The highest BCUT2D eigenvalue weighted by Crippen LogP contribution is 2.26. The van der Waals surface area contributed by atoms with Gasteiger partial charge in [-0.15, -0.1) is 10.2 Å². The number of nitrogens with two attached hydrogens (primary N) is 1. The van der Waals surface area contributed by atoms with E-state index in [-0.39, 0.29) is 0 Å². The second-order valence-electron chi connectivity index (χ2n) is 3.83. The lowest BCUT2D eigenvalue weighted by Gasteiger charge is -2.04. The van der Waals surface area contributed by atoms with Crippen molar-refractivity contribution >= 4 is 11.3 Å². The van der Waals surface area contributed by atoms with Gasteiger partial charge in [-0.3, -0.25) is 4.40 Å². The molecule has 0 bridgehead atoms. The largest absolute Gasteiger partial charge is 0.380 e. The summed E-state index contributed by atoms with van der Waals surface area (Å²) in [5, 5.41) is 7.70. The van der Waals surface area contributed by atoms with E-state index >= 15 is 0 Å². The molecule has 4 heteroatoms. The van der Waals surface area contributed by atoms with Crippen molar-refractivity contribution in [3.8, 4) is 0 Å². The van der Waals surface area contributed by atoms with Gasteiger partial charge in [0, 0.05) is 5.69 Å². The van der Waals surface area contributed by atoms with Gasteiger partial charge in [0.1, 0.15) is 6.33 Å². The van der Waals surface area contributed by atoms with Gasteiger partial charge in [0.25, 0.3) is 0 Å². The van der Waals surface area contributed by atoms with Gasteiger partial charge in [-0.05, 0) is 24.5 Å². The molecular weight excluding hydrogens is 176 g/mol. The fraction of sp³-hybridized carbons (Fsp3) is 0.400. The van der Waals surface area contributed by atoms with Crippen LogP contribution in [0.5, 0.6) is 0 Å². The predicted molar refractivity (Wildman–Crippen MR) is 56.2 cm³/mol. The summed E-state index contributed by atoms with van der Waals surface area (Å²) in [6.07, 6.45) is 1.70. The van der Waals surface area contributed by atoms with Crippen molar-refractivity contribution in [1.82, 2.24) is 14.6 Å². The number of nitrogens with zero attached hydrogens (tertiary/aromatic N) is 3. The molecule has 0 atom stereocenters. The average molecular weight is 190 g/mol. The van der Waals surface area contributed by atoms with E-state index in [4.69, 9.17) is 5.73 Å². The lowest BCUT2D eigenvalue weighted by molar-refractivity contribution is 0.871. The van der Waals surface area contributed by atoms with Crippen LogP contribution in [0, 0.1) is 6.92 Å². The zero-order valence-electron chi connectivity index (χ0n) is 8.65. The number of hydrogen-bond donors (Lipinski definition) is 1. The minimum Gasteiger partial charge on any atom is -0.380 e. The smallest absolute Gasteiger partial charge is 0.170 e. The van der Waals surface area contributed by atoms with Gasteiger partial charge in [0.05, 0.1) is 5.52 Å². The number of hydrogen-bond acceptors (Lipinski definition) is 3. The molecule has 14 heavy (non-hydrogen) atoms. The Hall–Kier alpha value is -1.58. The number of fused-ring (bicyclic) bond motifs is 1. The standard InChI is InChI=1S/C10H14N4/c1-6(2)8-4-7(3)14-5-12-13-10(11)9(8)14/h4-6H,1-3H3,(H2,11,13). The Bertz CT molecular complexity index is 470. The lowest BCUT2D eigenvalue weighted by Crippen LogP contribution is -2.00. The van der Waals surface area contributed by atoms with Crippen LogP contribution in [-0.2, 0) is 0 Å². The van der Waals surface area contributed by atoms with E-state index in [9.17, 15) is 0 Å². The zero-order chi connectivity index (χ0) is 10.3. The fourth-order valence-electron chi connectivity index (χ4n) is 1.73. The van der Waals surface area contributed by atoms with Gasteiger partial charge < -0.3 is 5.73 Å². The van der Waals surface area contributed by atoms with Gasteiger partial charge in [0.2, 0.25) is 0 Å². The third kappa shape index (κ3) is 1.14. The normalized spacial score (nSPS) is 11.4. The molecule has 0 aliphatic heterocycles. The molecule has 0 amide bonds. The Balaban J connectivity index is 2.86. The molecule has 0 fully saturated rings. The van der Waals surface area contributed by atoms with Crippen LogP contribution < -0.4 is 5.73 Å². The maximum atomic E-state index is 5.81. The first-order valence-corrected chi connectivity index (χ1v) is 4.70. The quantitative estimate of drug-likeness (QED) is 0.745. The van der Waals surface area contributed by atoms with Crippen LogP contribution in [0.1, 0.15) is 31.0 Å². The summed E-state index contributed by atoms with van der Waals surface area (Å²) in [5.74, 6) is 0.953. The van der Waals surface area contributed by atoms with Crippen molar-refractivity contribution < 1.29 is 0 Å². The Kier molecular flexibility index (Phi) is 1.91. The molecule has 2 heterocycles. The molecular formula is C10H14N4. The SMILES string of the molecule is Cc1cc(C(C)C)c2c(N)nncn12. The average Bonchev–Trinajstić information content (AvgIpc) is 2.46. The van der Waals surface area contributed by atoms with E-state index in [1.54, 1.807) is 6.33 Å². The molecule has 2 aromatic rings. The number of aromatic nitrogens is 3. The summed E-state index contributed by atoms with van der Waals surface area (Å²) in [5.41, 5.74) is 9.18. The molecule has 4 nitrogen and oxygen atoms in total. The zero-order valence-corrected chi connectivity index (χ0v) is 8.65. The number of nitrogen functional groups attached to an aromatic ring is 1. The second kappa shape index (κ2) is 2.97. The summed E-state index contributed by atoms with van der Waals surface area (Å²) in [6.45, 7) is 6.34. The highest BCUT2D eigenvalue weighted by molar-refractivity contribution is 5.71. The van der Waals surface area contributed by atoms with E-state index in [2.05, 4.69) is 30.1 Å². The highest BCUT2D eigenvalue weighted by Gasteiger charge is 2.12. The molecule has 74 valence electrons. The Morgan fingerprint density at radius 2 is 2.14 bits per heavy atom. The van der Waals surface area contributed by atoms with E-state index in [1.807, 2.05) is 11.3 Å². The molecule has 0 saturated heterocycles. The van der Waals surface area contributed by atoms with Gasteiger partial charge in [-0.1, -0.05) is 13.8 Å². The lowest BCUT2D eigenvalue weighted by atomic mass is 10.1. The molecule has 0 aliphatic carbocycles. The monoisotopic (exact) mass is 190 g/mol. The summed E-state index contributed by atoms with van der Waals surface area (Å²) in [4.78, 5) is 0. The van der Waals surface area contributed by atoms with Crippen molar-refractivity contribution in [3.63, 3.8) is 0 Å². The maximum absolute atomic E-state index is 5.81. The van der Waals surface area contributed by atoms with Crippen LogP contribution >= 0.6 is 0 Å². The van der Waals surface area contributed by atoms with Crippen LogP contribution in [-0.4, -0.2) is 14.6 Å². The van der Waals surface area contributed by atoms with Crippen LogP contribution in [0.15, 0.2) is 12.4 Å². The van der Waals surface area contributed by atoms with Crippen molar-refractivity contribution in [2.75, 3.05) is 5.73 Å². The molecule has 0 saturated carbocycles. The predicted octanol–water partition coefficient (Wildman–Crippen LogP) is 1.74. The summed E-state index contributed by atoms with van der Waals surface area (Å²) >= 11 is 0. The van der Waals surface area contributed by atoms with E-state index in [0.29, 0.717) is 11.7 Å². The molecule has 2 rings (SSSR count). The first-order chi connectivity index (χ1) is 6.61. The van der Waals surface area contributed by atoms with Crippen LogP contribution in [0.2, 0.25) is 0 Å². The third-order valence-electron chi connectivity index (χ3n) is 2.46. The first-order valence-electron chi connectivity index (χ1n) is 4.70. The molecule has 2 aromatic heterocycles. The minimum absolute atomic E-state index is 0.449. The molecule has 0 radical (unpaired) electrons. The molecule has 2 N–H and O–H groups in total. The van der Waals surface area contributed by atoms with E-state index in [1.165, 1.54) is 5.56 Å². The number of rotatable bonds is 1. The number of anilines is 1. The summed E-state index contributed by atoms with van der Waals surface area (Å²) in [6, 6.07) is 2.14. The van der Waals surface area contributed by atoms with E-state index < -0.39 is 0 Å². The van der Waals surface area contributed by atoms with Gasteiger partial charge >= 0.3 is 0 Å². The Morgan fingerprint density at radius 3 is 2.79 bits per heavy atom. The number of aryl methyl sites for hydroxylation is 1. The summed E-state index contributed by atoms with van der Waals surface area (Å²) in [7, 11) is 0. The summed E-state index contributed by atoms with van der Waals surface area (Å²) < 4.78 is 1.98. The van der Waals surface area contributed by atoms with Gasteiger partial charge in [-0.2, -0.15) is 0 Å².